The molecule has 1 aromatic heterocycles. The monoisotopic (exact) mass is 181 g/mol. The maximum absolute atomic E-state index is 8.58. The van der Waals surface area contributed by atoms with Crippen LogP contribution in [0.2, 0.25) is 0 Å². The highest BCUT2D eigenvalue weighted by Crippen LogP contribution is 1.85. The summed E-state index contributed by atoms with van der Waals surface area (Å²) in [5.74, 6) is 0. The number of nitrogens with zero attached hydrogens (tertiary/aromatic N) is 1. The second kappa shape index (κ2) is 8.71. The lowest BCUT2D eigenvalue weighted by Gasteiger charge is -1.91. The fourth-order valence-electron chi connectivity index (χ4n) is 0.924. The summed E-state index contributed by atoms with van der Waals surface area (Å²) in [6, 6.07) is 6.17. The summed E-state index contributed by atoms with van der Waals surface area (Å²) < 4.78 is 2.21. The number of hydrogen-bond donors (Lipinski definition) is 1. The number of carbonyl (C=O) groups is 1. The molecule has 3 nitrogen and oxygen atoms in total. The molecular weight excluding hydrogens is 164 g/mol. The first-order chi connectivity index (χ1) is 6.35. The van der Waals surface area contributed by atoms with Gasteiger partial charge >= 0.3 is 0 Å². The number of aryl methyl sites for hydroxylation is 1. The van der Waals surface area contributed by atoms with Gasteiger partial charge in [0.1, 0.15) is 6.54 Å². The molecule has 0 saturated carbocycles. The molecule has 0 atom stereocenters. The van der Waals surface area contributed by atoms with Gasteiger partial charge in [-0.3, -0.25) is 4.79 Å². The van der Waals surface area contributed by atoms with Crippen LogP contribution in [-0.4, -0.2) is 6.41 Å². The van der Waals surface area contributed by atoms with Gasteiger partial charge in [-0.15, -0.1) is 0 Å². The minimum absolute atomic E-state index is 0.250. The van der Waals surface area contributed by atoms with Gasteiger partial charge in [0, 0.05) is 18.6 Å². The zero-order valence-corrected chi connectivity index (χ0v) is 8.02. The Morgan fingerprint density at radius 3 is 2.31 bits per heavy atom. The average molecular weight is 181 g/mol. The van der Waals surface area contributed by atoms with Crippen LogP contribution in [0.15, 0.2) is 30.6 Å². The third-order valence-electron chi connectivity index (χ3n) is 1.55. The largest absolute Gasteiger partial charge is 0.372 e. The predicted octanol–water partition coefficient (Wildman–Crippen LogP) is 0.876. The molecule has 1 heterocycles. The van der Waals surface area contributed by atoms with Crippen molar-refractivity contribution in [3.05, 3.63) is 30.6 Å². The third kappa shape index (κ3) is 7.00. The van der Waals surface area contributed by atoms with Crippen molar-refractivity contribution in [1.82, 2.24) is 0 Å². The number of carbonyl (C=O) groups excluding carboxylic acids is 1. The Hall–Kier alpha value is -1.38. The Morgan fingerprint density at radius 2 is 1.85 bits per heavy atom. The molecule has 1 rings (SSSR count). The van der Waals surface area contributed by atoms with E-state index in [-0.39, 0.29) is 6.41 Å². The van der Waals surface area contributed by atoms with Gasteiger partial charge in [0.25, 0.3) is 0 Å². The SMILES string of the molecule is CCCC[n+]1ccccc1.NC=O. The van der Waals surface area contributed by atoms with Gasteiger partial charge in [-0.25, -0.2) is 4.57 Å². The highest BCUT2D eigenvalue weighted by Gasteiger charge is 1.93. The first-order valence-electron chi connectivity index (χ1n) is 4.44. The van der Waals surface area contributed by atoms with Crippen LogP contribution in [0.25, 0.3) is 0 Å². The molecule has 0 saturated heterocycles. The van der Waals surface area contributed by atoms with Crippen molar-refractivity contribution in [3.63, 3.8) is 0 Å². The van der Waals surface area contributed by atoms with E-state index in [4.69, 9.17) is 4.79 Å². The van der Waals surface area contributed by atoms with Crippen molar-refractivity contribution < 1.29 is 9.36 Å². The zero-order chi connectivity index (χ0) is 9.94. The van der Waals surface area contributed by atoms with E-state index < -0.39 is 0 Å². The average Bonchev–Trinajstić information content (AvgIpc) is 2.18. The zero-order valence-electron chi connectivity index (χ0n) is 8.02. The molecule has 1 amide bonds. The van der Waals surface area contributed by atoms with E-state index in [2.05, 4.69) is 41.8 Å². The number of aromatic nitrogens is 1. The Labute approximate surface area is 79.2 Å². The summed E-state index contributed by atoms with van der Waals surface area (Å²) in [6.07, 6.45) is 7.00. The lowest BCUT2D eigenvalue weighted by atomic mass is 10.3. The number of nitrogens with two attached hydrogens (primary N) is 1. The van der Waals surface area contributed by atoms with Gasteiger partial charge in [-0.1, -0.05) is 19.4 Å². The molecule has 0 fully saturated rings. The van der Waals surface area contributed by atoms with E-state index in [1.807, 2.05) is 6.07 Å². The van der Waals surface area contributed by atoms with E-state index in [1.165, 1.54) is 12.8 Å². The molecule has 0 spiro atoms. The standard InChI is InChI=1S/C9H14N.CH3NO/c1-2-3-7-10-8-5-4-6-9-10;2-1-3/h4-6,8-9H,2-3,7H2,1H3;1H,(H2,2,3)/q+1;. The van der Waals surface area contributed by atoms with Gasteiger partial charge in [0.05, 0.1) is 0 Å². The van der Waals surface area contributed by atoms with Crippen molar-refractivity contribution in [3.8, 4) is 0 Å². The highest BCUT2D eigenvalue weighted by atomic mass is 16.1. The molecule has 0 aliphatic carbocycles. The highest BCUT2D eigenvalue weighted by molar-refractivity contribution is 5.42. The van der Waals surface area contributed by atoms with Gasteiger partial charge in [0.15, 0.2) is 12.4 Å². The van der Waals surface area contributed by atoms with E-state index in [1.54, 1.807) is 0 Å². The maximum atomic E-state index is 8.58. The van der Waals surface area contributed by atoms with Crippen LogP contribution in [0.4, 0.5) is 0 Å². The molecule has 0 unspecified atom stereocenters. The molecule has 3 heteroatoms. The van der Waals surface area contributed by atoms with Crippen LogP contribution in [0.5, 0.6) is 0 Å². The quantitative estimate of drug-likeness (QED) is 0.546. The number of rotatable bonds is 3. The predicted molar refractivity (Wildman–Crippen MR) is 51.8 cm³/mol. The fraction of sp³-hybridized carbons (Fsp3) is 0.400. The van der Waals surface area contributed by atoms with Crippen LogP contribution in [0, 0.1) is 0 Å². The molecule has 72 valence electrons. The Kier molecular flexibility index (Phi) is 7.79. The normalized spacial score (nSPS) is 8.38. The summed E-state index contributed by atoms with van der Waals surface area (Å²) >= 11 is 0. The lowest BCUT2D eigenvalue weighted by Crippen LogP contribution is -2.31. The number of amides is 1. The summed E-state index contributed by atoms with van der Waals surface area (Å²) in [7, 11) is 0. The van der Waals surface area contributed by atoms with E-state index in [9.17, 15) is 0 Å². The van der Waals surface area contributed by atoms with E-state index in [0.717, 1.165) is 6.54 Å². The molecule has 0 aliphatic rings. The minimum atomic E-state index is 0.250. The molecular formula is C10H17N2O+. The third-order valence-corrected chi connectivity index (χ3v) is 1.55. The molecule has 2 N–H and O–H groups in total. The number of primary amides is 1. The first-order valence-corrected chi connectivity index (χ1v) is 4.44. The van der Waals surface area contributed by atoms with Crippen molar-refractivity contribution >= 4 is 6.41 Å². The summed E-state index contributed by atoms with van der Waals surface area (Å²) in [5, 5.41) is 0. The van der Waals surface area contributed by atoms with Gasteiger partial charge in [-0.2, -0.15) is 0 Å². The molecule has 13 heavy (non-hydrogen) atoms. The van der Waals surface area contributed by atoms with Crippen molar-refractivity contribution in [2.75, 3.05) is 0 Å². The molecule has 0 aliphatic heterocycles. The van der Waals surface area contributed by atoms with Crippen LogP contribution in [0.1, 0.15) is 19.8 Å². The van der Waals surface area contributed by atoms with Crippen LogP contribution >= 0.6 is 0 Å². The van der Waals surface area contributed by atoms with Crippen molar-refractivity contribution in [2.24, 2.45) is 5.73 Å². The second-order valence-corrected chi connectivity index (χ2v) is 2.60. The van der Waals surface area contributed by atoms with Gasteiger partial charge in [0.2, 0.25) is 6.41 Å². The lowest BCUT2D eigenvalue weighted by molar-refractivity contribution is -0.697. The first kappa shape index (κ1) is 11.6. The summed E-state index contributed by atoms with van der Waals surface area (Å²) in [4.78, 5) is 8.58. The maximum Gasteiger partial charge on any atom is 0.204 e. The topological polar surface area (TPSA) is 47.0 Å². The Morgan fingerprint density at radius 1 is 1.31 bits per heavy atom. The van der Waals surface area contributed by atoms with Crippen molar-refractivity contribution in [2.45, 2.75) is 26.3 Å². The molecule has 0 bridgehead atoms. The summed E-state index contributed by atoms with van der Waals surface area (Å²) in [5.41, 5.74) is 4.17. The van der Waals surface area contributed by atoms with Crippen molar-refractivity contribution in [1.29, 1.82) is 0 Å². The van der Waals surface area contributed by atoms with Crippen LogP contribution in [0.3, 0.4) is 0 Å². The fourth-order valence-corrected chi connectivity index (χ4v) is 0.924. The molecule has 0 aromatic carbocycles. The van der Waals surface area contributed by atoms with E-state index >= 15 is 0 Å². The van der Waals surface area contributed by atoms with Gasteiger partial charge in [-0.05, 0) is 0 Å². The number of unbranched alkanes of at least 4 members (excludes halogenated alkanes) is 1. The number of pyridine rings is 1. The number of hydrogen-bond acceptors (Lipinski definition) is 1. The second-order valence-electron chi connectivity index (χ2n) is 2.60. The Balaban J connectivity index is 0.000000424. The smallest absolute Gasteiger partial charge is 0.204 e. The Bertz CT molecular complexity index is 211. The van der Waals surface area contributed by atoms with Crippen LogP contribution < -0.4 is 10.3 Å². The minimum Gasteiger partial charge on any atom is -0.372 e. The summed E-state index contributed by atoms with van der Waals surface area (Å²) in [6.45, 7) is 3.36. The molecule has 1 aromatic rings. The van der Waals surface area contributed by atoms with E-state index in [0.29, 0.717) is 0 Å². The van der Waals surface area contributed by atoms with Gasteiger partial charge < -0.3 is 5.73 Å². The van der Waals surface area contributed by atoms with Crippen LogP contribution in [-0.2, 0) is 11.3 Å². The molecule has 0 radical (unpaired) electrons.